The lowest BCUT2D eigenvalue weighted by atomic mass is 9.96. The highest BCUT2D eigenvalue weighted by Gasteiger charge is 2.30. The fourth-order valence-corrected chi connectivity index (χ4v) is 3.92. The Kier molecular flexibility index (Phi) is 11.7. The van der Waals surface area contributed by atoms with Crippen molar-refractivity contribution < 1.29 is 38.9 Å². The molecule has 0 saturated carbocycles. The van der Waals surface area contributed by atoms with E-state index in [2.05, 4.69) is 20.8 Å². The van der Waals surface area contributed by atoms with Gasteiger partial charge in [0.1, 0.15) is 30.0 Å². The Morgan fingerprint density at radius 1 is 1.05 bits per heavy atom. The summed E-state index contributed by atoms with van der Waals surface area (Å²) in [6.07, 6.45) is -1.20. The second-order valence-electron chi connectivity index (χ2n) is 9.31. The summed E-state index contributed by atoms with van der Waals surface area (Å²) in [4.78, 5) is 45.7. The van der Waals surface area contributed by atoms with Crippen molar-refractivity contribution in [1.82, 2.24) is 15.6 Å². The van der Waals surface area contributed by atoms with Crippen LogP contribution >= 0.6 is 0 Å². The number of aromatic nitrogens is 1. The third-order valence-corrected chi connectivity index (χ3v) is 5.95. The summed E-state index contributed by atoms with van der Waals surface area (Å²) < 4.78 is 10.2. The van der Waals surface area contributed by atoms with Crippen molar-refractivity contribution in [3.05, 3.63) is 36.0 Å². The number of hydrogen-bond donors (Lipinski definition) is 5. The summed E-state index contributed by atoms with van der Waals surface area (Å²) in [5, 5.41) is 29.9. The SMILES string of the molecule is COC(=O)[C@H](Cc1c[nH]c2ccccc12)NC(=O)[C@H](C)NC(=O)CO/N=C(/[C@@H](OC)C(C)C)[C@@H](O)[C@@H](C)O. The van der Waals surface area contributed by atoms with Gasteiger partial charge in [-0.15, -0.1) is 0 Å². The maximum Gasteiger partial charge on any atom is 0.328 e. The predicted molar refractivity (Wildman–Crippen MR) is 140 cm³/mol. The zero-order chi connectivity index (χ0) is 28.4. The lowest BCUT2D eigenvalue weighted by molar-refractivity contribution is -0.145. The van der Waals surface area contributed by atoms with Gasteiger partial charge in [-0.05, 0) is 31.4 Å². The van der Waals surface area contributed by atoms with Crippen molar-refractivity contribution >= 4 is 34.4 Å². The van der Waals surface area contributed by atoms with Gasteiger partial charge in [0, 0.05) is 30.6 Å². The number of aromatic amines is 1. The van der Waals surface area contributed by atoms with Gasteiger partial charge in [0.2, 0.25) is 5.91 Å². The van der Waals surface area contributed by atoms with Crippen LogP contribution in [0.15, 0.2) is 35.6 Å². The standard InChI is InChI=1S/C26H38N4O8/c1-14(2)24(36-5)22(23(33)16(4)31)30-38-13-21(32)28-15(3)25(34)29-20(26(35)37-6)11-17-12-27-19-10-8-7-9-18(17)19/h7-10,12,14-16,20,23-24,27,31,33H,11,13H2,1-6H3,(H,28,32)(H,29,34)/b30-22+/t15-,16+,20-,23-,24-/m0/s1. The molecule has 0 saturated heterocycles. The van der Waals surface area contributed by atoms with Gasteiger partial charge in [0.25, 0.3) is 5.91 Å². The Hall–Kier alpha value is -3.48. The number of aliphatic hydroxyl groups excluding tert-OH is 2. The smallest absolute Gasteiger partial charge is 0.328 e. The number of ether oxygens (including phenoxy) is 2. The third-order valence-electron chi connectivity index (χ3n) is 5.95. The van der Waals surface area contributed by atoms with E-state index >= 15 is 0 Å². The van der Waals surface area contributed by atoms with Crippen LogP contribution < -0.4 is 10.6 Å². The van der Waals surface area contributed by atoms with Crippen LogP contribution in [0.25, 0.3) is 10.9 Å². The molecule has 5 N–H and O–H groups in total. The Morgan fingerprint density at radius 3 is 2.34 bits per heavy atom. The van der Waals surface area contributed by atoms with E-state index in [1.165, 1.54) is 28.1 Å². The zero-order valence-corrected chi connectivity index (χ0v) is 22.6. The van der Waals surface area contributed by atoms with Crippen molar-refractivity contribution in [2.75, 3.05) is 20.8 Å². The number of oxime groups is 1. The van der Waals surface area contributed by atoms with Gasteiger partial charge in [-0.1, -0.05) is 37.2 Å². The molecule has 0 aliphatic heterocycles. The molecule has 0 unspecified atom stereocenters. The third kappa shape index (κ3) is 8.27. The first-order valence-electron chi connectivity index (χ1n) is 12.3. The largest absolute Gasteiger partial charge is 0.467 e. The van der Waals surface area contributed by atoms with E-state index < -0.39 is 54.8 Å². The molecule has 1 aromatic heterocycles. The van der Waals surface area contributed by atoms with Gasteiger partial charge in [-0.2, -0.15) is 0 Å². The first kappa shape index (κ1) is 30.7. The number of hydrogen-bond acceptors (Lipinski definition) is 9. The molecule has 2 aromatic rings. The fourth-order valence-electron chi connectivity index (χ4n) is 3.92. The Bertz CT molecular complexity index is 1110. The fraction of sp³-hybridized carbons (Fsp3) is 0.538. The van der Waals surface area contributed by atoms with Gasteiger partial charge in [-0.3, -0.25) is 9.59 Å². The Labute approximate surface area is 221 Å². The second-order valence-corrected chi connectivity index (χ2v) is 9.31. The number of rotatable bonds is 14. The summed E-state index contributed by atoms with van der Waals surface area (Å²) in [7, 11) is 2.66. The maximum absolute atomic E-state index is 12.8. The van der Waals surface area contributed by atoms with Gasteiger partial charge in [0.05, 0.1) is 13.2 Å². The van der Waals surface area contributed by atoms with Crippen LogP contribution in [0.4, 0.5) is 0 Å². The summed E-state index contributed by atoms with van der Waals surface area (Å²) in [6, 6.07) is 5.60. The molecular weight excluding hydrogens is 496 g/mol. The molecule has 0 fully saturated rings. The average Bonchev–Trinajstić information content (AvgIpc) is 3.29. The van der Waals surface area contributed by atoms with E-state index in [0.29, 0.717) is 0 Å². The zero-order valence-electron chi connectivity index (χ0n) is 22.6. The topological polar surface area (TPSA) is 172 Å². The van der Waals surface area contributed by atoms with E-state index in [0.717, 1.165) is 16.5 Å². The number of nitrogens with one attached hydrogen (secondary N) is 3. The number of carbonyl (C=O) groups excluding carboxylic acids is 3. The molecule has 0 radical (unpaired) electrons. The molecule has 1 heterocycles. The molecule has 0 spiro atoms. The van der Waals surface area contributed by atoms with Crippen molar-refractivity contribution in [1.29, 1.82) is 0 Å². The van der Waals surface area contributed by atoms with Gasteiger partial charge in [-0.25, -0.2) is 4.79 Å². The number of methoxy groups -OCH3 is 2. The van der Waals surface area contributed by atoms with Crippen LogP contribution in [-0.2, 0) is 35.1 Å². The van der Waals surface area contributed by atoms with Crippen LogP contribution in [0.3, 0.4) is 0 Å². The Balaban J connectivity index is 2.00. The van der Waals surface area contributed by atoms with Crippen LogP contribution in [0, 0.1) is 5.92 Å². The van der Waals surface area contributed by atoms with Crippen molar-refractivity contribution in [3.63, 3.8) is 0 Å². The summed E-state index contributed by atoms with van der Waals surface area (Å²) in [5.74, 6) is -1.98. The summed E-state index contributed by atoms with van der Waals surface area (Å²) in [5.41, 5.74) is 1.76. The minimum absolute atomic E-state index is 0.0364. The van der Waals surface area contributed by atoms with E-state index in [1.54, 1.807) is 6.20 Å². The minimum Gasteiger partial charge on any atom is -0.467 e. The number of H-pyrrole nitrogens is 1. The highest BCUT2D eigenvalue weighted by atomic mass is 16.6. The van der Waals surface area contributed by atoms with Crippen LogP contribution in [0.2, 0.25) is 0 Å². The van der Waals surface area contributed by atoms with Crippen molar-refractivity contribution in [2.24, 2.45) is 11.1 Å². The molecule has 2 amide bonds. The number of benzene rings is 1. The number of aliphatic hydroxyl groups is 2. The van der Waals surface area contributed by atoms with E-state index in [-0.39, 0.29) is 18.1 Å². The molecule has 0 bridgehead atoms. The lowest BCUT2D eigenvalue weighted by Gasteiger charge is -2.25. The van der Waals surface area contributed by atoms with Gasteiger partial charge in [0.15, 0.2) is 6.61 Å². The van der Waals surface area contributed by atoms with E-state index in [4.69, 9.17) is 14.3 Å². The van der Waals surface area contributed by atoms with Gasteiger partial charge < -0.3 is 40.1 Å². The number of nitrogens with zero attached hydrogens (tertiary/aromatic N) is 1. The van der Waals surface area contributed by atoms with Crippen molar-refractivity contribution in [3.8, 4) is 0 Å². The lowest BCUT2D eigenvalue weighted by Crippen LogP contribution is -2.51. The Morgan fingerprint density at radius 2 is 1.74 bits per heavy atom. The monoisotopic (exact) mass is 534 g/mol. The highest BCUT2D eigenvalue weighted by Crippen LogP contribution is 2.19. The predicted octanol–water partition coefficient (Wildman–Crippen LogP) is 0.658. The van der Waals surface area contributed by atoms with Crippen molar-refractivity contribution in [2.45, 2.75) is 64.5 Å². The van der Waals surface area contributed by atoms with E-state index in [9.17, 15) is 24.6 Å². The average molecular weight is 535 g/mol. The molecular formula is C26H38N4O8. The van der Waals surface area contributed by atoms with Crippen LogP contribution in [0.1, 0.15) is 33.3 Å². The van der Waals surface area contributed by atoms with Crippen LogP contribution in [-0.4, -0.2) is 89.9 Å². The molecule has 0 aliphatic rings. The molecule has 5 atom stereocenters. The molecule has 12 nitrogen and oxygen atoms in total. The molecule has 0 aliphatic carbocycles. The molecule has 210 valence electrons. The van der Waals surface area contributed by atoms with Crippen LogP contribution in [0.5, 0.6) is 0 Å². The number of amides is 2. The maximum atomic E-state index is 12.8. The van der Waals surface area contributed by atoms with E-state index in [1.807, 2.05) is 38.1 Å². The quantitative estimate of drug-likeness (QED) is 0.134. The molecule has 12 heteroatoms. The molecule has 1 aromatic carbocycles. The molecule has 38 heavy (non-hydrogen) atoms. The minimum atomic E-state index is -1.36. The first-order valence-corrected chi connectivity index (χ1v) is 12.3. The first-order chi connectivity index (χ1) is 18.0. The number of esters is 1. The second kappa shape index (κ2) is 14.5. The normalized spacial score (nSPS) is 15.9. The highest BCUT2D eigenvalue weighted by molar-refractivity contribution is 5.93. The number of para-hydroxylation sites is 1. The molecule has 2 rings (SSSR count). The number of carbonyl (C=O) groups is 3. The summed E-state index contributed by atoms with van der Waals surface area (Å²) in [6.45, 7) is 5.97. The summed E-state index contributed by atoms with van der Waals surface area (Å²) >= 11 is 0. The van der Waals surface area contributed by atoms with Gasteiger partial charge >= 0.3 is 5.97 Å². The number of fused-ring (bicyclic) bond motifs is 1.